The van der Waals surface area contributed by atoms with Gasteiger partial charge in [0.2, 0.25) is 0 Å². The van der Waals surface area contributed by atoms with Crippen LogP contribution in [-0.4, -0.2) is 23.6 Å². The lowest BCUT2D eigenvalue weighted by atomic mass is 10.2. The number of nitrogens with one attached hydrogen (secondary N) is 1. The summed E-state index contributed by atoms with van der Waals surface area (Å²) >= 11 is 3.32. The van der Waals surface area contributed by atoms with Gasteiger partial charge in [0, 0.05) is 5.69 Å². The maximum atomic E-state index is 11.8. The number of amides is 1. The number of carboxylic acid groups (broad SMARTS) is 1. The smallest absolute Gasteiger partial charge is 0.335 e. The molecule has 0 atom stereocenters. The highest BCUT2D eigenvalue weighted by Gasteiger charge is 2.08. The summed E-state index contributed by atoms with van der Waals surface area (Å²) in [6.07, 6.45) is 0. The summed E-state index contributed by atoms with van der Waals surface area (Å²) in [5.41, 5.74) is 0.523. The Kier molecular flexibility index (Phi) is 4.94. The van der Waals surface area contributed by atoms with Gasteiger partial charge < -0.3 is 15.2 Å². The zero-order chi connectivity index (χ0) is 15.2. The third kappa shape index (κ3) is 4.32. The van der Waals surface area contributed by atoms with Gasteiger partial charge >= 0.3 is 5.97 Å². The molecule has 5 nitrogen and oxygen atoms in total. The van der Waals surface area contributed by atoms with Crippen LogP contribution < -0.4 is 10.1 Å². The average molecular weight is 350 g/mol. The Labute approximate surface area is 129 Å². The van der Waals surface area contributed by atoms with Crippen molar-refractivity contribution in [3.63, 3.8) is 0 Å². The second kappa shape index (κ2) is 6.90. The van der Waals surface area contributed by atoms with Crippen molar-refractivity contribution in [3.05, 3.63) is 58.6 Å². The lowest BCUT2D eigenvalue weighted by Gasteiger charge is -2.09. The first kappa shape index (κ1) is 15.1. The molecule has 6 heteroatoms. The van der Waals surface area contributed by atoms with Crippen LogP contribution in [0.4, 0.5) is 5.69 Å². The van der Waals surface area contributed by atoms with Crippen LogP contribution in [0.2, 0.25) is 0 Å². The molecule has 1 amide bonds. The predicted molar refractivity (Wildman–Crippen MR) is 81.7 cm³/mol. The first-order valence-corrected chi connectivity index (χ1v) is 6.86. The molecule has 0 aliphatic carbocycles. The number of ether oxygens (including phenoxy) is 1. The van der Waals surface area contributed by atoms with Gasteiger partial charge in [-0.05, 0) is 46.3 Å². The van der Waals surface area contributed by atoms with Gasteiger partial charge in [-0.1, -0.05) is 18.2 Å². The summed E-state index contributed by atoms with van der Waals surface area (Å²) < 4.78 is 6.13. The molecule has 0 saturated heterocycles. The Hall–Kier alpha value is -2.34. The van der Waals surface area contributed by atoms with Gasteiger partial charge in [0.1, 0.15) is 5.75 Å². The Bertz CT molecular complexity index is 672. The normalized spacial score (nSPS) is 9.95. The highest BCUT2D eigenvalue weighted by Crippen LogP contribution is 2.23. The van der Waals surface area contributed by atoms with Gasteiger partial charge in [-0.3, -0.25) is 4.79 Å². The van der Waals surface area contributed by atoms with Crippen molar-refractivity contribution >= 4 is 33.5 Å². The molecule has 21 heavy (non-hydrogen) atoms. The number of carbonyl (C=O) groups is 2. The van der Waals surface area contributed by atoms with E-state index in [2.05, 4.69) is 21.2 Å². The molecular weight excluding hydrogens is 338 g/mol. The van der Waals surface area contributed by atoms with E-state index in [1.54, 1.807) is 24.3 Å². The van der Waals surface area contributed by atoms with E-state index in [-0.39, 0.29) is 18.1 Å². The molecule has 0 fully saturated rings. The van der Waals surface area contributed by atoms with Gasteiger partial charge in [-0.2, -0.15) is 0 Å². The summed E-state index contributed by atoms with van der Waals surface area (Å²) in [5, 5.41) is 11.5. The second-order valence-electron chi connectivity index (χ2n) is 4.15. The highest BCUT2D eigenvalue weighted by atomic mass is 79.9. The van der Waals surface area contributed by atoms with Crippen molar-refractivity contribution < 1.29 is 19.4 Å². The van der Waals surface area contributed by atoms with Crippen LogP contribution in [0.1, 0.15) is 10.4 Å². The van der Waals surface area contributed by atoms with E-state index >= 15 is 0 Å². The van der Waals surface area contributed by atoms with E-state index in [1.165, 1.54) is 12.1 Å². The molecule has 0 radical (unpaired) electrons. The number of carbonyl (C=O) groups excluding carboxylic acids is 1. The van der Waals surface area contributed by atoms with Crippen LogP contribution in [0.25, 0.3) is 0 Å². The van der Waals surface area contributed by atoms with Crippen molar-refractivity contribution in [1.82, 2.24) is 0 Å². The fourth-order valence-corrected chi connectivity index (χ4v) is 2.03. The fourth-order valence-electron chi connectivity index (χ4n) is 1.63. The minimum Gasteiger partial charge on any atom is -0.483 e. The van der Waals surface area contributed by atoms with E-state index in [4.69, 9.17) is 9.84 Å². The lowest BCUT2D eigenvalue weighted by molar-refractivity contribution is -0.118. The summed E-state index contributed by atoms with van der Waals surface area (Å²) in [5.74, 6) is -0.851. The molecule has 0 aliphatic heterocycles. The van der Waals surface area contributed by atoms with Gasteiger partial charge in [-0.25, -0.2) is 4.79 Å². The quantitative estimate of drug-likeness (QED) is 0.869. The SMILES string of the molecule is O=C(COc1ccccc1Br)Nc1cccc(C(=O)O)c1. The largest absolute Gasteiger partial charge is 0.483 e. The molecule has 0 aliphatic rings. The summed E-state index contributed by atoms with van der Waals surface area (Å²) in [6.45, 7) is -0.167. The topological polar surface area (TPSA) is 75.6 Å². The summed E-state index contributed by atoms with van der Waals surface area (Å²) in [4.78, 5) is 22.6. The molecular formula is C15H12BrNO4. The van der Waals surface area contributed by atoms with Crippen LogP contribution in [-0.2, 0) is 4.79 Å². The molecule has 0 aromatic heterocycles. The first-order chi connectivity index (χ1) is 10.1. The van der Waals surface area contributed by atoms with Crippen molar-refractivity contribution in [2.45, 2.75) is 0 Å². The number of anilines is 1. The number of rotatable bonds is 5. The summed E-state index contributed by atoms with van der Waals surface area (Å²) in [7, 11) is 0. The Morgan fingerprint density at radius 2 is 1.90 bits per heavy atom. The Morgan fingerprint density at radius 1 is 1.14 bits per heavy atom. The van der Waals surface area contributed by atoms with Crippen LogP contribution in [0.5, 0.6) is 5.75 Å². The number of aromatic carboxylic acids is 1. The predicted octanol–water partition coefficient (Wildman–Crippen LogP) is 3.16. The van der Waals surface area contributed by atoms with E-state index in [0.29, 0.717) is 11.4 Å². The number of halogens is 1. The average Bonchev–Trinajstić information content (AvgIpc) is 2.46. The first-order valence-electron chi connectivity index (χ1n) is 6.07. The number of carboxylic acids is 1. The van der Waals surface area contributed by atoms with E-state index in [1.807, 2.05) is 12.1 Å². The molecule has 2 rings (SSSR count). The Morgan fingerprint density at radius 3 is 2.62 bits per heavy atom. The minimum atomic E-state index is -1.05. The molecule has 0 bridgehead atoms. The van der Waals surface area contributed by atoms with Gasteiger partial charge in [0.05, 0.1) is 10.0 Å². The third-order valence-electron chi connectivity index (χ3n) is 2.59. The van der Waals surface area contributed by atoms with Crippen molar-refractivity contribution in [2.24, 2.45) is 0 Å². The molecule has 2 aromatic rings. The van der Waals surface area contributed by atoms with Crippen molar-refractivity contribution in [1.29, 1.82) is 0 Å². The number of hydrogen-bond acceptors (Lipinski definition) is 3. The van der Waals surface area contributed by atoms with Gasteiger partial charge in [0.15, 0.2) is 6.61 Å². The third-order valence-corrected chi connectivity index (χ3v) is 3.24. The van der Waals surface area contributed by atoms with Gasteiger partial charge in [-0.15, -0.1) is 0 Å². The molecule has 108 valence electrons. The fraction of sp³-hybridized carbons (Fsp3) is 0.0667. The van der Waals surface area contributed by atoms with Crippen LogP contribution in [0.3, 0.4) is 0 Å². The number of para-hydroxylation sites is 1. The lowest BCUT2D eigenvalue weighted by Crippen LogP contribution is -2.20. The molecule has 2 aromatic carbocycles. The zero-order valence-corrected chi connectivity index (χ0v) is 12.5. The standard InChI is InChI=1S/C15H12BrNO4/c16-12-6-1-2-7-13(12)21-9-14(18)17-11-5-3-4-10(8-11)15(19)20/h1-8H,9H2,(H,17,18)(H,19,20). The Balaban J connectivity index is 1.95. The van der Waals surface area contributed by atoms with E-state index in [0.717, 1.165) is 4.47 Å². The number of hydrogen-bond donors (Lipinski definition) is 2. The van der Waals surface area contributed by atoms with Gasteiger partial charge in [0.25, 0.3) is 5.91 Å². The van der Waals surface area contributed by atoms with Crippen molar-refractivity contribution in [3.8, 4) is 5.75 Å². The monoisotopic (exact) mass is 349 g/mol. The molecule has 0 heterocycles. The summed E-state index contributed by atoms with van der Waals surface area (Å²) in [6, 6.07) is 13.2. The molecule has 2 N–H and O–H groups in total. The van der Waals surface area contributed by atoms with Crippen LogP contribution in [0, 0.1) is 0 Å². The van der Waals surface area contributed by atoms with Crippen molar-refractivity contribution in [2.75, 3.05) is 11.9 Å². The molecule has 0 spiro atoms. The van der Waals surface area contributed by atoms with E-state index in [9.17, 15) is 9.59 Å². The maximum absolute atomic E-state index is 11.8. The zero-order valence-electron chi connectivity index (χ0n) is 10.9. The highest BCUT2D eigenvalue weighted by molar-refractivity contribution is 9.10. The minimum absolute atomic E-state index is 0.111. The maximum Gasteiger partial charge on any atom is 0.335 e. The second-order valence-corrected chi connectivity index (χ2v) is 5.01. The van der Waals surface area contributed by atoms with E-state index < -0.39 is 5.97 Å². The number of benzene rings is 2. The molecule has 0 unspecified atom stereocenters. The van der Waals surface area contributed by atoms with Crippen LogP contribution in [0.15, 0.2) is 53.0 Å². The molecule has 0 saturated carbocycles. The van der Waals surface area contributed by atoms with Crippen LogP contribution >= 0.6 is 15.9 Å².